The van der Waals surface area contributed by atoms with Gasteiger partial charge in [-0.15, -0.1) is 29.3 Å². The van der Waals surface area contributed by atoms with Crippen LogP contribution in [-0.4, -0.2) is 15.9 Å². The van der Waals surface area contributed by atoms with E-state index < -0.39 is 0 Å². The van der Waals surface area contributed by atoms with Crippen molar-refractivity contribution in [3.05, 3.63) is 89.8 Å². The van der Waals surface area contributed by atoms with E-state index in [4.69, 9.17) is 4.98 Å². The second-order valence-corrected chi connectivity index (χ2v) is 18.9. The van der Waals surface area contributed by atoms with Crippen molar-refractivity contribution < 1.29 is 30.0 Å². The number of allylic oxidation sites excluding steroid dienone is 2. The van der Waals surface area contributed by atoms with Crippen molar-refractivity contribution in [1.29, 1.82) is 0 Å². The van der Waals surface area contributed by atoms with Gasteiger partial charge in [-0.1, -0.05) is 136 Å². The molecule has 0 fully saturated rings. The predicted molar refractivity (Wildman–Crippen MR) is 225 cm³/mol. The largest absolute Gasteiger partial charge is 0.512 e. The summed E-state index contributed by atoms with van der Waals surface area (Å²) in [6.45, 7) is 26.0. The average Bonchev–Trinajstić information content (AvgIpc) is 3.10. The molecule has 0 atom stereocenters. The molecule has 285 valence electrons. The molecule has 0 bridgehead atoms. The van der Waals surface area contributed by atoms with Gasteiger partial charge in [-0.05, 0) is 93.5 Å². The van der Waals surface area contributed by atoms with E-state index >= 15 is 0 Å². The maximum absolute atomic E-state index is 12.2. The molecule has 0 saturated carbocycles. The summed E-state index contributed by atoms with van der Waals surface area (Å²) in [5.41, 5.74) is 4.91. The van der Waals surface area contributed by atoms with Crippen LogP contribution in [0.15, 0.2) is 82.4 Å². The summed E-state index contributed by atoms with van der Waals surface area (Å²) >= 11 is 1.93. The number of aromatic nitrogens is 1. The second kappa shape index (κ2) is 16.4. The quantitative estimate of drug-likeness (QED) is 0.0680. The SMILES string of the molecule is CC(C)(C)Cc1ccc2c3c4c(nccc4cc2c1)-c1[c-]c2ccccc2c(CC(C)(C)C)c1S3.CCC(C)(CC)C(=O)/C=C(\O)C(C)(CC)CC.[Ir]. The van der Waals surface area contributed by atoms with Gasteiger partial charge in [0.05, 0.1) is 0 Å². The number of aliphatic hydroxyl groups excluding tert-OH is 1. The molecule has 2 heterocycles. The Kier molecular flexibility index (Phi) is 13.2. The third-order valence-corrected chi connectivity index (χ3v) is 12.7. The van der Waals surface area contributed by atoms with E-state index in [0.717, 1.165) is 49.8 Å². The van der Waals surface area contributed by atoms with Gasteiger partial charge in [0.2, 0.25) is 0 Å². The fourth-order valence-corrected chi connectivity index (χ4v) is 8.56. The Morgan fingerprint density at radius 2 is 1.38 bits per heavy atom. The first-order chi connectivity index (χ1) is 24.4. The molecule has 0 spiro atoms. The third kappa shape index (κ3) is 9.12. The minimum Gasteiger partial charge on any atom is -0.512 e. The Balaban J connectivity index is 0.000000299. The molecule has 3 nitrogen and oxygen atoms in total. The molecule has 0 unspecified atom stereocenters. The van der Waals surface area contributed by atoms with Gasteiger partial charge in [0.25, 0.3) is 0 Å². The topological polar surface area (TPSA) is 50.2 Å². The first-order valence-electron chi connectivity index (χ1n) is 19.3. The van der Waals surface area contributed by atoms with E-state index in [1.54, 1.807) is 0 Å². The number of ketones is 1. The van der Waals surface area contributed by atoms with Crippen molar-refractivity contribution in [2.45, 2.75) is 131 Å². The molecule has 1 aliphatic heterocycles. The number of carbonyl (C=O) groups is 1. The Morgan fingerprint density at radius 3 is 1.98 bits per heavy atom. The van der Waals surface area contributed by atoms with Gasteiger partial charge in [-0.25, -0.2) is 0 Å². The monoisotopic (exact) mass is 907 g/mol. The summed E-state index contributed by atoms with van der Waals surface area (Å²) in [5, 5.41) is 17.8. The zero-order valence-electron chi connectivity index (χ0n) is 34.1. The van der Waals surface area contributed by atoms with Crippen molar-refractivity contribution in [3.63, 3.8) is 0 Å². The number of carbonyl (C=O) groups excluding carboxylic acids is 1. The second-order valence-electron chi connectivity index (χ2n) is 17.9. The molecule has 0 aliphatic carbocycles. The van der Waals surface area contributed by atoms with E-state index in [-0.39, 0.29) is 53.3 Å². The van der Waals surface area contributed by atoms with E-state index in [1.807, 2.05) is 59.5 Å². The smallest absolute Gasteiger partial charge is 0.164 e. The number of benzene rings is 4. The minimum atomic E-state index is -0.337. The summed E-state index contributed by atoms with van der Waals surface area (Å²) < 4.78 is 0. The number of fused-ring (bicyclic) bond motifs is 5. The maximum Gasteiger partial charge on any atom is 0.164 e. The zero-order valence-corrected chi connectivity index (χ0v) is 37.3. The Morgan fingerprint density at radius 1 is 0.755 bits per heavy atom. The van der Waals surface area contributed by atoms with Gasteiger partial charge in [0, 0.05) is 53.8 Å². The van der Waals surface area contributed by atoms with Crippen LogP contribution in [0.3, 0.4) is 0 Å². The molecule has 6 rings (SSSR count). The van der Waals surface area contributed by atoms with Gasteiger partial charge in [0.1, 0.15) is 5.76 Å². The molecule has 1 N–H and O–H groups in total. The zero-order chi connectivity index (χ0) is 38.2. The molecule has 4 aromatic carbocycles. The molecule has 53 heavy (non-hydrogen) atoms. The molecule has 0 saturated heterocycles. The Hall–Kier alpha value is -2.98. The van der Waals surface area contributed by atoms with Crippen LogP contribution in [0.1, 0.15) is 120 Å². The van der Waals surface area contributed by atoms with Crippen LogP contribution >= 0.6 is 11.8 Å². The molecule has 1 aliphatic rings. The van der Waals surface area contributed by atoms with Crippen LogP contribution in [-0.2, 0) is 37.7 Å². The minimum absolute atomic E-state index is 0. The number of pyridine rings is 1. The summed E-state index contributed by atoms with van der Waals surface area (Å²) in [4.78, 5) is 19.8. The van der Waals surface area contributed by atoms with Gasteiger partial charge < -0.3 is 5.11 Å². The van der Waals surface area contributed by atoms with E-state index in [2.05, 4.69) is 102 Å². The van der Waals surface area contributed by atoms with Crippen LogP contribution in [0.2, 0.25) is 0 Å². The van der Waals surface area contributed by atoms with E-state index in [9.17, 15) is 9.90 Å². The van der Waals surface area contributed by atoms with Crippen molar-refractivity contribution in [3.8, 4) is 11.3 Å². The summed E-state index contributed by atoms with van der Waals surface area (Å²) in [6.07, 6.45) is 8.82. The Labute approximate surface area is 337 Å². The number of rotatable bonds is 9. The standard InChI is InChI=1S/C33H32NS.C15H28O2.Ir/c1-32(2,3)18-20-11-12-25-23(15-20)16-22-13-14-34-29-26-17-21-9-7-8-10-24(21)27(19-33(4,5)6)30(26)35-31(25)28(22)29;1-7-14(5,8-2)12(16)11-13(17)15(6,9-3)10-4;/h7-16H,18-19H2,1-6H3;11,16H,7-10H2,1-6H3;/q-1;;/b;12-11-;. The summed E-state index contributed by atoms with van der Waals surface area (Å²) in [5.74, 6) is 0.286. The first kappa shape index (κ1) is 42.8. The molecule has 5 aromatic rings. The molecule has 5 heteroatoms. The van der Waals surface area contributed by atoms with Crippen LogP contribution in [0.4, 0.5) is 0 Å². The van der Waals surface area contributed by atoms with E-state index in [0.29, 0.717) is 0 Å². The average molecular weight is 907 g/mol. The van der Waals surface area contributed by atoms with Crippen LogP contribution in [0.5, 0.6) is 0 Å². The van der Waals surface area contributed by atoms with Gasteiger partial charge in [0.15, 0.2) is 5.78 Å². The fraction of sp³-hybridized carbons (Fsp3) is 0.458. The van der Waals surface area contributed by atoms with E-state index in [1.165, 1.54) is 59.3 Å². The number of aliphatic hydroxyl groups is 1. The number of nitrogens with zero attached hydrogens (tertiary/aromatic N) is 1. The fourth-order valence-electron chi connectivity index (χ4n) is 7.18. The van der Waals surface area contributed by atoms with Crippen LogP contribution < -0.4 is 0 Å². The molecule has 1 radical (unpaired) electrons. The van der Waals surface area contributed by atoms with Crippen molar-refractivity contribution in [2.75, 3.05) is 0 Å². The van der Waals surface area contributed by atoms with Gasteiger partial charge >= 0.3 is 0 Å². The predicted octanol–water partition coefficient (Wildman–Crippen LogP) is 14.3. The third-order valence-electron chi connectivity index (χ3n) is 11.4. The molecular formula is C48H60IrNO2S-. The summed E-state index contributed by atoms with van der Waals surface area (Å²) in [7, 11) is 0. The van der Waals surface area contributed by atoms with Crippen LogP contribution in [0, 0.1) is 27.7 Å². The normalized spacial score (nSPS) is 13.4. The number of hydrogen-bond donors (Lipinski definition) is 1. The van der Waals surface area contributed by atoms with Crippen molar-refractivity contribution in [2.24, 2.45) is 21.7 Å². The Bertz CT molecular complexity index is 2140. The number of hydrogen-bond acceptors (Lipinski definition) is 4. The van der Waals surface area contributed by atoms with Crippen molar-refractivity contribution in [1.82, 2.24) is 4.98 Å². The van der Waals surface area contributed by atoms with Crippen LogP contribution in [0.25, 0.3) is 43.6 Å². The molecular weight excluding hydrogens is 847 g/mol. The molecule has 0 amide bonds. The maximum atomic E-state index is 12.2. The molecule has 1 aromatic heterocycles. The van der Waals surface area contributed by atoms with Gasteiger partial charge in [-0.3, -0.25) is 9.78 Å². The first-order valence-corrected chi connectivity index (χ1v) is 20.1. The van der Waals surface area contributed by atoms with Gasteiger partial charge in [-0.2, -0.15) is 0 Å². The van der Waals surface area contributed by atoms with Crippen molar-refractivity contribution >= 4 is 49.9 Å². The summed E-state index contributed by atoms with van der Waals surface area (Å²) in [6, 6.07) is 24.1.